The molecular weight excluding hydrogens is 307 g/mol. The summed E-state index contributed by atoms with van der Waals surface area (Å²) >= 11 is 0. The Hall–Kier alpha value is -2.21. The smallest absolute Gasteiger partial charge is 0.225 e. The number of carbonyl (C=O) groups is 1. The van der Waals surface area contributed by atoms with Crippen LogP contribution in [0.5, 0.6) is 0 Å². The first-order chi connectivity index (χ1) is 11.6. The highest BCUT2D eigenvalue weighted by atomic mass is 19.1. The minimum absolute atomic E-state index is 0.00814. The second-order valence-electron chi connectivity index (χ2n) is 6.91. The van der Waals surface area contributed by atoms with E-state index >= 15 is 0 Å². The molecule has 4 unspecified atom stereocenters. The minimum atomic E-state index is -0.337. The molecule has 5 nitrogen and oxygen atoms in total. The van der Waals surface area contributed by atoms with Gasteiger partial charge in [0.1, 0.15) is 5.82 Å². The van der Waals surface area contributed by atoms with Crippen molar-refractivity contribution in [2.45, 2.75) is 31.8 Å². The molecule has 0 spiro atoms. The number of nitrogens with one attached hydrogen (secondary N) is 1. The molecule has 2 aromatic rings. The van der Waals surface area contributed by atoms with Gasteiger partial charge in [-0.25, -0.2) is 9.37 Å². The number of nitrogens with zero attached hydrogens (tertiary/aromatic N) is 2. The van der Waals surface area contributed by atoms with E-state index in [0.29, 0.717) is 24.1 Å². The molecule has 3 N–H and O–H groups in total. The van der Waals surface area contributed by atoms with Gasteiger partial charge in [0, 0.05) is 25.0 Å². The lowest BCUT2D eigenvalue weighted by Crippen LogP contribution is -2.45. The number of fused-ring (bicyclic) bond motifs is 2. The van der Waals surface area contributed by atoms with Crippen LogP contribution in [0.25, 0.3) is 5.69 Å². The molecule has 1 heterocycles. The predicted octanol–water partition coefficient (Wildman–Crippen LogP) is 2.00. The van der Waals surface area contributed by atoms with Crippen LogP contribution in [-0.4, -0.2) is 21.5 Å². The number of halogens is 1. The summed E-state index contributed by atoms with van der Waals surface area (Å²) in [6, 6.07) is 4.95. The number of hydrogen-bond acceptors (Lipinski definition) is 3. The largest absolute Gasteiger partial charge is 0.352 e. The van der Waals surface area contributed by atoms with Gasteiger partial charge in [0.25, 0.3) is 0 Å². The maximum atomic E-state index is 14.2. The van der Waals surface area contributed by atoms with Crippen LogP contribution in [0, 0.1) is 23.6 Å². The normalized spacial score (nSPS) is 28.2. The molecule has 6 heteroatoms. The predicted molar refractivity (Wildman–Crippen MR) is 87.7 cm³/mol. The van der Waals surface area contributed by atoms with Crippen molar-refractivity contribution in [1.29, 1.82) is 0 Å². The van der Waals surface area contributed by atoms with Gasteiger partial charge < -0.3 is 15.6 Å². The zero-order valence-corrected chi connectivity index (χ0v) is 13.4. The van der Waals surface area contributed by atoms with Gasteiger partial charge in [0.15, 0.2) is 0 Å². The molecule has 0 radical (unpaired) electrons. The van der Waals surface area contributed by atoms with Crippen molar-refractivity contribution in [3.8, 4) is 5.69 Å². The molecule has 2 saturated carbocycles. The molecule has 2 aliphatic rings. The fraction of sp³-hybridized carbons (Fsp3) is 0.444. The molecule has 4 rings (SSSR count). The molecule has 1 aromatic heterocycles. The second kappa shape index (κ2) is 6.02. The van der Waals surface area contributed by atoms with Crippen LogP contribution in [0.15, 0.2) is 36.9 Å². The topological polar surface area (TPSA) is 72.9 Å². The van der Waals surface area contributed by atoms with Crippen molar-refractivity contribution in [3.05, 3.63) is 48.3 Å². The summed E-state index contributed by atoms with van der Waals surface area (Å²) in [5.74, 6) is 0.506. The highest BCUT2D eigenvalue weighted by Gasteiger charge is 2.48. The van der Waals surface area contributed by atoms with Crippen molar-refractivity contribution >= 4 is 5.91 Å². The van der Waals surface area contributed by atoms with E-state index in [9.17, 15) is 9.18 Å². The highest BCUT2D eigenvalue weighted by molar-refractivity contribution is 5.80. The first-order valence-electron chi connectivity index (χ1n) is 8.43. The lowest BCUT2D eigenvalue weighted by atomic mass is 9.84. The van der Waals surface area contributed by atoms with Crippen molar-refractivity contribution in [3.63, 3.8) is 0 Å². The average Bonchev–Trinajstić information content (AvgIpc) is 3.29. The molecule has 126 valence electrons. The zero-order chi connectivity index (χ0) is 16.7. The summed E-state index contributed by atoms with van der Waals surface area (Å²) in [7, 11) is 0. The summed E-state index contributed by atoms with van der Waals surface area (Å²) in [5.41, 5.74) is 7.38. The Kier molecular flexibility index (Phi) is 3.84. The van der Waals surface area contributed by atoms with Gasteiger partial charge in [-0.05, 0) is 48.8 Å². The van der Waals surface area contributed by atoms with Crippen LogP contribution in [0.1, 0.15) is 24.8 Å². The van der Waals surface area contributed by atoms with E-state index in [2.05, 4.69) is 10.3 Å². The number of aromatic nitrogens is 2. The summed E-state index contributed by atoms with van der Waals surface area (Å²) < 4.78 is 15.9. The van der Waals surface area contributed by atoms with Crippen LogP contribution in [-0.2, 0) is 11.3 Å². The molecule has 1 amide bonds. The maximum Gasteiger partial charge on any atom is 0.225 e. The quantitative estimate of drug-likeness (QED) is 0.901. The molecule has 2 bridgehead atoms. The maximum absolute atomic E-state index is 14.2. The standard InChI is InChI=1S/C18H21FN4O/c19-14-7-11(1-4-15(14)23-6-5-21-10-23)9-22-18(24)16-12-2-3-13(8-12)17(16)20/h1,4-7,10,12-13,16-17H,2-3,8-9,20H2,(H,22,24). The summed E-state index contributed by atoms with van der Waals surface area (Å²) in [6.45, 7) is 0.320. The van der Waals surface area contributed by atoms with Gasteiger partial charge in [-0.15, -0.1) is 0 Å². The molecule has 2 fully saturated rings. The van der Waals surface area contributed by atoms with E-state index in [0.717, 1.165) is 24.8 Å². The fourth-order valence-electron chi connectivity index (χ4n) is 4.30. The number of rotatable bonds is 4. The summed E-state index contributed by atoms with van der Waals surface area (Å²) in [4.78, 5) is 16.4. The van der Waals surface area contributed by atoms with Gasteiger partial charge in [-0.1, -0.05) is 6.07 Å². The third kappa shape index (κ3) is 2.60. The van der Waals surface area contributed by atoms with E-state index in [1.807, 2.05) is 6.07 Å². The second-order valence-corrected chi connectivity index (χ2v) is 6.91. The van der Waals surface area contributed by atoms with E-state index in [4.69, 9.17) is 5.73 Å². The molecule has 4 atom stereocenters. The van der Waals surface area contributed by atoms with Crippen molar-refractivity contribution < 1.29 is 9.18 Å². The van der Waals surface area contributed by atoms with Crippen molar-refractivity contribution in [1.82, 2.24) is 14.9 Å². The van der Waals surface area contributed by atoms with E-state index in [1.54, 1.807) is 29.4 Å². The average molecular weight is 328 g/mol. The number of hydrogen-bond donors (Lipinski definition) is 2. The van der Waals surface area contributed by atoms with E-state index in [-0.39, 0.29) is 23.7 Å². The molecule has 1 aromatic carbocycles. The Morgan fingerprint density at radius 2 is 2.21 bits per heavy atom. The summed E-state index contributed by atoms with van der Waals surface area (Å²) in [5, 5.41) is 2.93. The Balaban J connectivity index is 1.41. The van der Waals surface area contributed by atoms with Crippen molar-refractivity contribution in [2.75, 3.05) is 0 Å². The van der Waals surface area contributed by atoms with Gasteiger partial charge in [-0.2, -0.15) is 0 Å². The monoisotopic (exact) mass is 328 g/mol. The molecule has 24 heavy (non-hydrogen) atoms. The Bertz CT molecular complexity index is 743. The minimum Gasteiger partial charge on any atom is -0.352 e. The molecule has 2 aliphatic carbocycles. The molecule has 0 saturated heterocycles. The zero-order valence-electron chi connectivity index (χ0n) is 13.4. The lowest BCUT2D eigenvalue weighted by Gasteiger charge is -2.27. The van der Waals surface area contributed by atoms with Crippen molar-refractivity contribution in [2.24, 2.45) is 23.5 Å². The first kappa shape index (κ1) is 15.3. The number of imidazole rings is 1. The SMILES string of the molecule is NC1C2CCC(C2)C1C(=O)NCc1ccc(-n2ccnc2)c(F)c1. The third-order valence-electron chi connectivity index (χ3n) is 5.54. The molecule has 0 aliphatic heterocycles. The van der Waals surface area contributed by atoms with Crippen LogP contribution in [0.4, 0.5) is 4.39 Å². The summed E-state index contributed by atoms with van der Waals surface area (Å²) in [6.07, 6.45) is 8.17. The number of benzene rings is 1. The number of carbonyl (C=O) groups excluding carboxylic acids is 1. The van der Waals surface area contributed by atoms with Gasteiger partial charge >= 0.3 is 0 Å². The van der Waals surface area contributed by atoms with E-state index in [1.165, 1.54) is 6.07 Å². The first-order valence-corrected chi connectivity index (χ1v) is 8.43. The number of amides is 1. The lowest BCUT2D eigenvalue weighted by molar-refractivity contribution is -0.127. The van der Waals surface area contributed by atoms with Gasteiger partial charge in [-0.3, -0.25) is 4.79 Å². The Labute approximate surface area is 140 Å². The number of nitrogens with two attached hydrogens (primary N) is 1. The van der Waals surface area contributed by atoms with Crippen LogP contribution < -0.4 is 11.1 Å². The third-order valence-corrected chi connectivity index (χ3v) is 5.54. The van der Waals surface area contributed by atoms with Crippen LogP contribution in [0.3, 0.4) is 0 Å². The Morgan fingerprint density at radius 3 is 2.88 bits per heavy atom. The van der Waals surface area contributed by atoms with Gasteiger partial charge in [0.2, 0.25) is 5.91 Å². The van der Waals surface area contributed by atoms with Crippen LogP contribution in [0.2, 0.25) is 0 Å². The van der Waals surface area contributed by atoms with Gasteiger partial charge in [0.05, 0.1) is 17.9 Å². The van der Waals surface area contributed by atoms with Crippen LogP contribution >= 0.6 is 0 Å². The Morgan fingerprint density at radius 1 is 1.38 bits per heavy atom. The fourth-order valence-corrected chi connectivity index (χ4v) is 4.30. The van der Waals surface area contributed by atoms with E-state index < -0.39 is 0 Å². The molecular formula is C18H21FN4O. The highest BCUT2D eigenvalue weighted by Crippen LogP contribution is 2.47.